The smallest absolute Gasteiger partial charge is 0.0367 e. The molecule has 3 unspecified atom stereocenters. The zero-order valence-electron chi connectivity index (χ0n) is 10.1. The predicted octanol–water partition coefficient (Wildman–Crippen LogP) is 4.96. The summed E-state index contributed by atoms with van der Waals surface area (Å²) in [6.07, 6.45) is 2.37. The summed E-state index contributed by atoms with van der Waals surface area (Å²) in [5, 5.41) is 3.09. The zero-order chi connectivity index (χ0) is 11.8. The Hall–Kier alpha value is -1.01. The molecule has 0 amide bonds. The molecule has 0 heterocycles. The van der Waals surface area contributed by atoms with E-state index >= 15 is 0 Å². The minimum absolute atomic E-state index is 0.346. The zero-order valence-corrected chi connectivity index (χ0v) is 10.8. The molecule has 17 heavy (non-hydrogen) atoms. The van der Waals surface area contributed by atoms with Crippen LogP contribution in [0.4, 0.5) is 0 Å². The van der Waals surface area contributed by atoms with Crippen molar-refractivity contribution in [2.45, 2.75) is 31.1 Å². The van der Waals surface area contributed by atoms with Crippen molar-refractivity contribution in [2.24, 2.45) is 5.92 Å². The minimum Gasteiger partial charge on any atom is -0.123 e. The molecule has 88 valence electrons. The highest BCUT2D eigenvalue weighted by Crippen LogP contribution is 2.44. The van der Waals surface area contributed by atoms with Gasteiger partial charge in [0, 0.05) is 5.38 Å². The van der Waals surface area contributed by atoms with E-state index in [0.717, 1.165) is 6.42 Å². The maximum Gasteiger partial charge on any atom is 0.0367 e. The molecule has 0 aromatic heterocycles. The van der Waals surface area contributed by atoms with Crippen LogP contribution in [0.1, 0.15) is 31.2 Å². The molecule has 0 aliphatic heterocycles. The quantitative estimate of drug-likeness (QED) is 0.622. The van der Waals surface area contributed by atoms with E-state index in [4.69, 9.17) is 11.6 Å². The van der Waals surface area contributed by atoms with Gasteiger partial charge in [-0.15, -0.1) is 11.6 Å². The van der Waals surface area contributed by atoms with E-state index in [1.807, 2.05) is 0 Å². The van der Waals surface area contributed by atoms with Gasteiger partial charge in [0.05, 0.1) is 0 Å². The van der Waals surface area contributed by atoms with Crippen molar-refractivity contribution < 1.29 is 0 Å². The van der Waals surface area contributed by atoms with Gasteiger partial charge in [-0.2, -0.15) is 0 Å². The molecule has 2 aromatic rings. The first kappa shape index (κ1) is 11.1. The molecular formula is C16H17Cl. The Balaban J connectivity index is 2.11. The van der Waals surface area contributed by atoms with E-state index in [9.17, 15) is 0 Å². The first-order valence-corrected chi connectivity index (χ1v) is 6.83. The van der Waals surface area contributed by atoms with Gasteiger partial charge in [-0.05, 0) is 41.0 Å². The van der Waals surface area contributed by atoms with E-state index in [2.05, 4.69) is 49.4 Å². The highest BCUT2D eigenvalue weighted by molar-refractivity contribution is 6.21. The third-order valence-electron chi connectivity index (χ3n) is 4.18. The van der Waals surface area contributed by atoms with Gasteiger partial charge in [-0.1, -0.05) is 49.4 Å². The third kappa shape index (κ3) is 1.85. The van der Waals surface area contributed by atoms with E-state index in [0.29, 0.717) is 17.2 Å². The van der Waals surface area contributed by atoms with Crippen LogP contribution in [-0.4, -0.2) is 5.38 Å². The largest absolute Gasteiger partial charge is 0.123 e. The van der Waals surface area contributed by atoms with Crippen molar-refractivity contribution in [2.75, 3.05) is 0 Å². The summed E-state index contributed by atoms with van der Waals surface area (Å²) in [6.45, 7) is 2.29. The van der Waals surface area contributed by atoms with Gasteiger partial charge in [-0.3, -0.25) is 0 Å². The van der Waals surface area contributed by atoms with E-state index in [1.165, 1.54) is 22.8 Å². The lowest BCUT2D eigenvalue weighted by molar-refractivity contribution is 0.540. The predicted molar refractivity (Wildman–Crippen MR) is 74.7 cm³/mol. The van der Waals surface area contributed by atoms with Crippen molar-refractivity contribution >= 4 is 22.4 Å². The summed E-state index contributed by atoms with van der Waals surface area (Å²) < 4.78 is 0. The summed E-state index contributed by atoms with van der Waals surface area (Å²) in [5.74, 6) is 1.21. The highest BCUT2D eigenvalue weighted by Gasteiger charge is 2.32. The second kappa shape index (κ2) is 4.34. The van der Waals surface area contributed by atoms with Crippen LogP contribution in [0.2, 0.25) is 0 Å². The van der Waals surface area contributed by atoms with Crippen LogP contribution in [0.3, 0.4) is 0 Å². The number of hydrogen-bond donors (Lipinski definition) is 0. The van der Waals surface area contributed by atoms with Crippen LogP contribution in [0.15, 0.2) is 42.5 Å². The molecule has 1 fully saturated rings. The molecule has 0 radical (unpaired) electrons. The van der Waals surface area contributed by atoms with Crippen molar-refractivity contribution in [1.29, 1.82) is 0 Å². The topological polar surface area (TPSA) is 0 Å². The van der Waals surface area contributed by atoms with E-state index < -0.39 is 0 Å². The molecule has 1 aliphatic rings. The van der Waals surface area contributed by atoms with E-state index in [1.54, 1.807) is 0 Å². The molecule has 2 aromatic carbocycles. The molecule has 0 bridgehead atoms. The highest BCUT2D eigenvalue weighted by atomic mass is 35.5. The van der Waals surface area contributed by atoms with Gasteiger partial charge < -0.3 is 0 Å². The number of halogens is 1. The Kier molecular flexibility index (Phi) is 2.84. The number of alkyl halides is 1. The first-order valence-electron chi connectivity index (χ1n) is 6.39. The number of fused-ring (bicyclic) bond motifs is 1. The molecule has 3 rings (SSSR count). The molecule has 1 saturated carbocycles. The van der Waals surface area contributed by atoms with Crippen molar-refractivity contribution in [3.05, 3.63) is 48.0 Å². The average Bonchev–Trinajstić information content (AvgIpc) is 2.69. The Labute approximate surface area is 108 Å². The van der Waals surface area contributed by atoms with Gasteiger partial charge in [0.15, 0.2) is 0 Å². The van der Waals surface area contributed by atoms with Gasteiger partial charge in [0.2, 0.25) is 0 Å². The summed E-state index contributed by atoms with van der Waals surface area (Å²) >= 11 is 6.36. The van der Waals surface area contributed by atoms with Crippen LogP contribution in [0.5, 0.6) is 0 Å². The molecule has 0 nitrogen and oxygen atoms in total. The van der Waals surface area contributed by atoms with Crippen molar-refractivity contribution in [3.63, 3.8) is 0 Å². The molecule has 0 saturated heterocycles. The number of rotatable bonds is 1. The van der Waals surface area contributed by atoms with Crippen LogP contribution in [0.25, 0.3) is 10.8 Å². The Morgan fingerprint density at radius 3 is 2.53 bits per heavy atom. The standard InChI is InChI=1S/C16H17Cl/c1-11-13(9-10-16(11)17)15-8-4-6-12-5-2-3-7-14(12)15/h2-8,11,13,16H,9-10H2,1H3. The lowest BCUT2D eigenvalue weighted by atomic mass is 9.87. The molecular weight excluding hydrogens is 228 g/mol. The molecule has 1 heteroatoms. The summed E-state index contributed by atoms with van der Waals surface area (Å²) in [5.41, 5.74) is 1.48. The fourth-order valence-corrected chi connectivity index (χ4v) is 3.43. The average molecular weight is 245 g/mol. The lowest BCUT2D eigenvalue weighted by Crippen LogP contribution is -2.09. The normalized spacial score (nSPS) is 28.7. The lowest BCUT2D eigenvalue weighted by Gasteiger charge is -2.19. The second-order valence-corrected chi connectivity index (χ2v) is 5.69. The summed E-state index contributed by atoms with van der Waals surface area (Å²) in [4.78, 5) is 0. The van der Waals surface area contributed by atoms with Crippen LogP contribution < -0.4 is 0 Å². The van der Waals surface area contributed by atoms with Crippen LogP contribution >= 0.6 is 11.6 Å². The van der Waals surface area contributed by atoms with Crippen molar-refractivity contribution in [3.8, 4) is 0 Å². The fourth-order valence-electron chi connectivity index (χ4n) is 3.13. The van der Waals surface area contributed by atoms with Gasteiger partial charge >= 0.3 is 0 Å². The molecule has 0 spiro atoms. The Morgan fingerprint density at radius 2 is 1.76 bits per heavy atom. The maximum atomic E-state index is 6.36. The number of hydrogen-bond acceptors (Lipinski definition) is 0. The van der Waals surface area contributed by atoms with Gasteiger partial charge in [0.1, 0.15) is 0 Å². The second-order valence-electron chi connectivity index (χ2n) is 5.13. The number of benzene rings is 2. The molecule has 3 atom stereocenters. The Morgan fingerprint density at radius 1 is 1.00 bits per heavy atom. The van der Waals surface area contributed by atoms with Gasteiger partial charge in [0.25, 0.3) is 0 Å². The van der Waals surface area contributed by atoms with E-state index in [-0.39, 0.29) is 0 Å². The van der Waals surface area contributed by atoms with Gasteiger partial charge in [-0.25, -0.2) is 0 Å². The molecule has 1 aliphatic carbocycles. The monoisotopic (exact) mass is 244 g/mol. The SMILES string of the molecule is CC1C(Cl)CCC1c1cccc2ccccc12. The maximum absolute atomic E-state index is 6.36. The van der Waals surface area contributed by atoms with Crippen LogP contribution in [0, 0.1) is 5.92 Å². The van der Waals surface area contributed by atoms with Crippen molar-refractivity contribution in [1.82, 2.24) is 0 Å². The van der Waals surface area contributed by atoms with Crippen LogP contribution in [-0.2, 0) is 0 Å². The summed E-state index contributed by atoms with van der Waals surface area (Å²) in [6, 6.07) is 15.3. The minimum atomic E-state index is 0.346. The summed E-state index contributed by atoms with van der Waals surface area (Å²) in [7, 11) is 0. The Bertz CT molecular complexity index is 527. The fraction of sp³-hybridized carbons (Fsp3) is 0.375. The molecule has 0 N–H and O–H groups in total. The third-order valence-corrected chi connectivity index (χ3v) is 4.80. The first-order chi connectivity index (χ1) is 8.27.